The number of nitrogens with zero attached hydrogens (tertiary/aromatic N) is 3. The van der Waals surface area contributed by atoms with Gasteiger partial charge in [0.1, 0.15) is 11.4 Å². The van der Waals surface area contributed by atoms with Gasteiger partial charge in [0.2, 0.25) is 0 Å². The Hall–Kier alpha value is -2.86. The summed E-state index contributed by atoms with van der Waals surface area (Å²) in [6.07, 6.45) is 8.74. The van der Waals surface area contributed by atoms with Crippen LogP contribution in [-0.2, 0) is 11.3 Å². The van der Waals surface area contributed by atoms with Crippen molar-refractivity contribution in [3.63, 3.8) is 0 Å². The van der Waals surface area contributed by atoms with Crippen LogP contribution in [0.15, 0.2) is 42.9 Å². The summed E-state index contributed by atoms with van der Waals surface area (Å²) in [5.41, 5.74) is 3.66. The lowest BCUT2D eigenvalue weighted by Crippen LogP contribution is -2.33. The molecule has 1 aliphatic rings. The molecule has 32 heavy (non-hydrogen) atoms. The minimum absolute atomic E-state index is 0.325. The highest BCUT2D eigenvalue weighted by Crippen LogP contribution is 2.37. The van der Waals surface area contributed by atoms with Gasteiger partial charge in [-0.2, -0.15) is 0 Å². The molecule has 3 heterocycles. The Balaban J connectivity index is 1.74. The van der Waals surface area contributed by atoms with Crippen LogP contribution in [0.5, 0.6) is 5.75 Å². The summed E-state index contributed by atoms with van der Waals surface area (Å²) < 4.78 is 13.1. The second kappa shape index (κ2) is 8.94. The molecule has 0 N–H and O–H groups in total. The maximum Gasteiger partial charge on any atom is 0.419 e. The largest absolute Gasteiger partial charge is 0.496 e. The summed E-state index contributed by atoms with van der Waals surface area (Å²) in [6.45, 7) is 9.42. The number of likely N-dealkylation sites (tertiary alicyclic amines) is 1. The zero-order chi connectivity index (χ0) is 22.9. The van der Waals surface area contributed by atoms with E-state index in [2.05, 4.69) is 16.0 Å². The van der Waals surface area contributed by atoms with Crippen molar-refractivity contribution in [1.29, 1.82) is 0 Å². The van der Waals surface area contributed by atoms with Crippen LogP contribution in [0.1, 0.15) is 62.8 Å². The first-order valence-electron chi connectivity index (χ1n) is 11.3. The lowest BCUT2D eigenvalue weighted by molar-refractivity contribution is 0.0544. The van der Waals surface area contributed by atoms with Crippen molar-refractivity contribution in [2.24, 2.45) is 0 Å². The topological polar surface area (TPSA) is 56.6 Å². The standard InChI is InChI=1S/C26H33N3O3/c1-18-15-23(31-5)21(20-11-14-29(24(18)20)25(30)32-26(2,3)4)17-28-13-7-6-10-22(28)19-9-8-12-27-16-19/h8-9,11-12,14-16,22H,6-7,10,13,17H2,1-5H3. The monoisotopic (exact) mass is 435 g/mol. The number of ether oxygens (including phenoxy) is 2. The first kappa shape index (κ1) is 22.3. The van der Waals surface area contributed by atoms with Crippen molar-refractivity contribution in [3.8, 4) is 5.75 Å². The van der Waals surface area contributed by atoms with Crippen LogP contribution in [0.25, 0.3) is 10.9 Å². The third kappa shape index (κ3) is 4.51. The Morgan fingerprint density at radius 3 is 2.75 bits per heavy atom. The fourth-order valence-corrected chi connectivity index (χ4v) is 4.71. The quantitative estimate of drug-likeness (QED) is 0.513. The first-order valence-corrected chi connectivity index (χ1v) is 11.3. The molecule has 0 aliphatic carbocycles. The molecule has 0 amide bonds. The van der Waals surface area contributed by atoms with Crippen molar-refractivity contribution in [3.05, 3.63) is 59.5 Å². The third-order valence-electron chi connectivity index (χ3n) is 6.08. The van der Waals surface area contributed by atoms with Gasteiger partial charge in [-0.05, 0) is 76.4 Å². The van der Waals surface area contributed by atoms with Crippen LogP contribution < -0.4 is 4.74 Å². The summed E-state index contributed by atoms with van der Waals surface area (Å²) in [4.78, 5) is 19.7. The molecule has 4 rings (SSSR count). The van der Waals surface area contributed by atoms with Gasteiger partial charge in [0.25, 0.3) is 0 Å². The normalized spacial score (nSPS) is 17.5. The van der Waals surface area contributed by atoms with E-state index in [-0.39, 0.29) is 6.09 Å². The van der Waals surface area contributed by atoms with Crippen molar-refractivity contribution in [2.75, 3.05) is 13.7 Å². The van der Waals surface area contributed by atoms with Gasteiger partial charge in [-0.3, -0.25) is 14.5 Å². The minimum Gasteiger partial charge on any atom is -0.496 e. The first-order chi connectivity index (χ1) is 15.3. The SMILES string of the molecule is COc1cc(C)c2c(ccn2C(=O)OC(C)(C)C)c1CN1CCCCC1c1cccnc1. The highest BCUT2D eigenvalue weighted by Gasteiger charge is 2.27. The fraction of sp³-hybridized carbons (Fsp3) is 0.462. The number of piperidine rings is 1. The van der Waals surface area contributed by atoms with Gasteiger partial charge >= 0.3 is 6.09 Å². The van der Waals surface area contributed by atoms with Gasteiger partial charge in [-0.15, -0.1) is 0 Å². The molecule has 6 heteroatoms. The number of methoxy groups -OCH3 is 1. The van der Waals surface area contributed by atoms with Crippen LogP contribution in [0.4, 0.5) is 4.79 Å². The molecule has 0 saturated carbocycles. The number of benzene rings is 1. The summed E-state index contributed by atoms with van der Waals surface area (Å²) >= 11 is 0. The number of hydrogen-bond acceptors (Lipinski definition) is 5. The Morgan fingerprint density at radius 1 is 1.25 bits per heavy atom. The minimum atomic E-state index is -0.554. The van der Waals surface area contributed by atoms with Gasteiger partial charge < -0.3 is 9.47 Å². The van der Waals surface area contributed by atoms with Crippen molar-refractivity contribution >= 4 is 17.0 Å². The van der Waals surface area contributed by atoms with E-state index >= 15 is 0 Å². The molecular formula is C26H33N3O3. The van der Waals surface area contributed by atoms with Gasteiger partial charge in [0, 0.05) is 42.1 Å². The highest BCUT2D eigenvalue weighted by atomic mass is 16.6. The van der Waals surface area contributed by atoms with E-state index < -0.39 is 5.60 Å². The van der Waals surface area contributed by atoms with Crippen LogP contribution in [-0.4, -0.2) is 39.8 Å². The smallest absolute Gasteiger partial charge is 0.419 e. The van der Waals surface area contributed by atoms with Crippen LogP contribution in [0.3, 0.4) is 0 Å². The van der Waals surface area contributed by atoms with E-state index in [0.717, 1.165) is 47.3 Å². The summed E-state index contributed by atoms with van der Waals surface area (Å²) in [6, 6.07) is 8.53. The predicted octanol–water partition coefficient (Wildman–Crippen LogP) is 5.86. The molecule has 6 nitrogen and oxygen atoms in total. The average Bonchev–Trinajstić information content (AvgIpc) is 3.21. The van der Waals surface area contributed by atoms with Crippen molar-refractivity contribution in [2.45, 2.75) is 65.1 Å². The van der Waals surface area contributed by atoms with E-state index in [1.807, 2.05) is 64.5 Å². The molecule has 1 unspecified atom stereocenters. The third-order valence-corrected chi connectivity index (χ3v) is 6.08. The van der Waals surface area contributed by atoms with Crippen LogP contribution in [0, 0.1) is 6.92 Å². The van der Waals surface area contributed by atoms with Crippen LogP contribution >= 0.6 is 0 Å². The lowest BCUT2D eigenvalue weighted by atomic mass is 9.95. The lowest BCUT2D eigenvalue weighted by Gasteiger charge is -2.36. The number of carbonyl (C=O) groups is 1. The molecule has 1 atom stereocenters. The second-order valence-electron chi connectivity index (χ2n) is 9.57. The molecule has 1 fully saturated rings. The van der Waals surface area contributed by atoms with Gasteiger partial charge in [-0.25, -0.2) is 4.79 Å². The number of rotatable bonds is 4. The number of pyridine rings is 1. The molecule has 2 aromatic heterocycles. The second-order valence-corrected chi connectivity index (χ2v) is 9.57. The maximum absolute atomic E-state index is 12.9. The van der Waals surface area contributed by atoms with Gasteiger partial charge in [0.05, 0.1) is 12.6 Å². The highest BCUT2D eigenvalue weighted by molar-refractivity contribution is 5.95. The van der Waals surface area contributed by atoms with E-state index in [0.29, 0.717) is 6.04 Å². The van der Waals surface area contributed by atoms with E-state index in [4.69, 9.17) is 9.47 Å². The Labute approximate surface area is 190 Å². The number of aromatic nitrogens is 2. The number of carbonyl (C=O) groups excluding carboxylic acids is 1. The molecule has 3 aromatic rings. The molecule has 1 aliphatic heterocycles. The van der Waals surface area contributed by atoms with Crippen LogP contribution in [0.2, 0.25) is 0 Å². The fourth-order valence-electron chi connectivity index (χ4n) is 4.71. The molecule has 170 valence electrons. The molecular weight excluding hydrogens is 402 g/mol. The predicted molar refractivity (Wildman–Crippen MR) is 126 cm³/mol. The van der Waals surface area contributed by atoms with E-state index in [1.54, 1.807) is 11.7 Å². The summed E-state index contributed by atoms with van der Waals surface area (Å²) in [5.74, 6) is 0.854. The van der Waals surface area contributed by atoms with Crippen molar-refractivity contribution in [1.82, 2.24) is 14.5 Å². The zero-order valence-electron chi connectivity index (χ0n) is 19.7. The number of aryl methyl sites for hydroxylation is 1. The van der Waals surface area contributed by atoms with Gasteiger partial charge in [0.15, 0.2) is 0 Å². The van der Waals surface area contributed by atoms with E-state index in [9.17, 15) is 4.79 Å². The Kier molecular flexibility index (Phi) is 6.24. The number of hydrogen-bond donors (Lipinski definition) is 0. The van der Waals surface area contributed by atoms with Crippen molar-refractivity contribution < 1.29 is 14.3 Å². The maximum atomic E-state index is 12.9. The van der Waals surface area contributed by atoms with E-state index in [1.165, 1.54) is 18.4 Å². The number of fused-ring (bicyclic) bond motifs is 1. The average molecular weight is 436 g/mol. The summed E-state index contributed by atoms with van der Waals surface area (Å²) in [5, 5.41) is 1.03. The molecule has 1 saturated heterocycles. The Bertz CT molecular complexity index is 1100. The molecule has 0 bridgehead atoms. The Morgan fingerprint density at radius 2 is 2.06 bits per heavy atom. The molecule has 0 radical (unpaired) electrons. The molecule has 1 aromatic carbocycles. The van der Waals surface area contributed by atoms with Gasteiger partial charge in [-0.1, -0.05) is 12.5 Å². The zero-order valence-corrected chi connectivity index (χ0v) is 19.7. The summed E-state index contributed by atoms with van der Waals surface area (Å²) in [7, 11) is 1.71. The molecule has 0 spiro atoms.